The highest BCUT2D eigenvalue weighted by Crippen LogP contribution is 1.97. The third-order valence-corrected chi connectivity index (χ3v) is 1.30. The Balaban J connectivity index is 0.000000120. The summed E-state index contributed by atoms with van der Waals surface area (Å²) in [7, 11) is 0. The van der Waals surface area contributed by atoms with Gasteiger partial charge in [-0.1, -0.05) is 0 Å². The fourth-order valence-corrected chi connectivity index (χ4v) is 0.742. The molecule has 1 aromatic heterocycles. The Labute approximate surface area is 72.1 Å². The van der Waals surface area contributed by atoms with Crippen LogP contribution in [-0.4, -0.2) is 16.6 Å². The van der Waals surface area contributed by atoms with Crippen molar-refractivity contribution in [2.75, 3.05) is 6.61 Å². The highest BCUT2D eigenvalue weighted by Gasteiger charge is 1.86. The molecule has 0 fully saturated rings. The van der Waals surface area contributed by atoms with Crippen LogP contribution >= 0.6 is 0 Å². The Kier molecular flexibility index (Phi) is 4.60. The van der Waals surface area contributed by atoms with E-state index in [0.29, 0.717) is 0 Å². The Morgan fingerprint density at radius 1 is 1.17 bits per heavy atom. The van der Waals surface area contributed by atoms with Crippen LogP contribution in [0.2, 0.25) is 0 Å². The first-order valence-corrected chi connectivity index (χ1v) is 3.97. The van der Waals surface area contributed by atoms with Crippen LogP contribution in [0.1, 0.15) is 12.8 Å². The van der Waals surface area contributed by atoms with Crippen molar-refractivity contribution in [3.8, 4) is 0 Å². The van der Waals surface area contributed by atoms with Crippen molar-refractivity contribution in [1.29, 1.82) is 0 Å². The Morgan fingerprint density at radius 3 is 2.17 bits per heavy atom. The fourth-order valence-electron chi connectivity index (χ4n) is 0.742. The van der Waals surface area contributed by atoms with Crippen molar-refractivity contribution in [3.05, 3.63) is 37.1 Å². The summed E-state index contributed by atoms with van der Waals surface area (Å²) in [6, 6.07) is 1.78. The molecule has 1 aliphatic rings. The zero-order chi connectivity index (χ0) is 8.49. The average molecular weight is 164 g/mol. The number of rotatable bonds is 0. The molecule has 1 aromatic rings. The molecule has 2 rings (SSSR count). The third kappa shape index (κ3) is 4.44. The third-order valence-electron chi connectivity index (χ3n) is 1.30. The van der Waals surface area contributed by atoms with Gasteiger partial charge in [-0.05, 0) is 25.0 Å². The summed E-state index contributed by atoms with van der Waals surface area (Å²) in [6.45, 7) is 0.913. The van der Waals surface area contributed by atoms with Crippen LogP contribution in [0.3, 0.4) is 0 Å². The van der Waals surface area contributed by atoms with Gasteiger partial charge in [-0.25, -0.2) is 9.97 Å². The van der Waals surface area contributed by atoms with Gasteiger partial charge in [0, 0.05) is 12.4 Å². The van der Waals surface area contributed by atoms with E-state index in [2.05, 4.69) is 9.97 Å². The maximum absolute atomic E-state index is 4.89. The molecule has 0 aliphatic carbocycles. The van der Waals surface area contributed by atoms with Crippen LogP contribution < -0.4 is 0 Å². The number of allylic oxidation sites excluding steroid dienone is 1. The van der Waals surface area contributed by atoms with Gasteiger partial charge < -0.3 is 4.74 Å². The molecule has 0 aromatic carbocycles. The quantitative estimate of drug-likeness (QED) is 0.586. The molecule has 2 heterocycles. The number of aromatic nitrogens is 2. The van der Waals surface area contributed by atoms with Crippen LogP contribution in [0.15, 0.2) is 37.1 Å². The molecule has 0 atom stereocenters. The van der Waals surface area contributed by atoms with E-state index < -0.39 is 0 Å². The van der Waals surface area contributed by atoms with Crippen molar-refractivity contribution in [3.63, 3.8) is 0 Å². The molecule has 0 N–H and O–H groups in total. The van der Waals surface area contributed by atoms with E-state index in [-0.39, 0.29) is 0 Å². The normalized spacial score (nSPS) is 14.0. The van der Waals surface area contributed by atoms with Crippen molar-refractivity contribution in [2.45, 2.75) is 12.8 Å². The van der Waals surface area contributed by atoms with Crippen molar-refractivity contribution < 1.29 is 4.74 Å². The summed E-state index contributed by atoms with van der Waals surface area (Å²) in [5.41, 5.74) is 0. The summed E-state index contributed by atoms with van der Waals surface area (Å²) < 4.78 is 4.89. The van der Waals surface area contributed by atoms with Gasteiger partial charge in [0.25, 0.3) is 0 Å². The summed E-state index contributed by atoms with van der Waals surface area (Å²) in [5, 5.41) is 0. The lowest BCUT2D eigenvalue weighted by Gasteiger charge is -2.01. The zero-order valence-electron chi connectivity index (χ0n) is 6.89. The van der Waals surface area contributed by atoms with E-state index in [9.17, 15) is 0 Å². The van der Waals surface area contributed by atoms with E-state index in [1.807, 2.05) is 6.08 Å². The second-order valence-electron chi connectivity index (χ2n) is 2.29. The predicted molar refractivity (Wildman–Crippen MR) is 46.4 cm³/mol. The fraction of sp³-hybridized carbons (Fsp3) is 0.333. The highest BCUT2D eigenvalue weighted by molar-refractivity contribution is 4.76. The molecule has 64 valence electrons. The van der Waals surface area contributed by atoms with Gasteiger partial charge in [-0.3, -0.25) is 0 Å². The SMILES string of the molecule is C1=COCCC1.c1cncnc1. The standard InChI is InChI=1S/C5H8O.C4H4N2/c1-2-4-6-5-3-1;1-2-5-4-6-3-1/h2,4H,1,3,5H2;1-4H. The molecule has 0 saturated heterocycles. The van der Waals surface area contributed by atoms with Gasteiger partial charge in [0.1, 0.15) is 6.33 Å². The molecule has 12 heavy (non-hydrogen) atoms. The van der Waals surface area contributed by atoms with E-state index in [1.165, 1.54) is 19.2 Å². The van der Waals surface area contributed by atoms with E-state index >= 15 is 0 Å². The zero-order valence-corrected chi connectivity index (χ0v) is 6.89. The molecule has 3 nitrogen and oxygen atoms in total. The molecule has 0 radical (unpaired) electrons. The number of ether oxygens (including phenoxy) is 1. The van der Waals surface area contributed by atoms with Gasteiger partial charge in [0.05, 0.1) is 12.9 Å². The molecular weight excluding hydrogens is 152 g/mol. The van der Waals surface area contributed by atoms with Gasteiger partial charge in [0.2, 0.25) is 0 Å². The first-order chi connectivity index (χ1) is 6.00. The summed E-state index contributed by atoms with van der Waals surface area (Å²) in [4.78, 5) is 7.35. The lowest BCUT2D eigenvalue weighted by atomic mass is 10.3. The molecule has 0 unspecified atom stereocenters. The second-order valence-corrected chi connectivity index (χ2v) is 2.29. The lowest BCUT2D eigenvalue weighted by molar-refractivity contribution is 0.231. The second kappa shape index (κ2) is 6.34. The maximum Gasteiger partial charge on any atom is 0.115 e. The predicted octanol–water partition coefficient (Wildman–Crippen LogP) is 1.79. The van der Waals surface area contributed by atoms with Gasteiger partial charge >= 0.3 is 0 Å². The molecule has 3 heteroatoms. The number of nitrogens with zero attached hydrogens (tertiary/aromatic N) is 2. The lowest BCUT2D eigenvalue weighted by Crippen LogP contribution is -1.90. The molecule has 0 saturated carbocycles. The van der Waals surface area contributed by atoms with Crippen LogP contribution in [0, 0.1) is 0 Å². The smallest absolute Gasteiger partial charge is 0.115 e. The Morgan fingerprint density at radius 2 is 2.00 bits per heavy atom. The summed E-state index contributed by atoms with van der Waals surface area (Å²) in [5.74, 6) is 0. The monoisotopic (exact) mass is 164 g/mol. The first kappa shape index (κ1) is 8.71. The number of hydrogen-bond acceptors (Lipinski definition) is 3. The number of hydrogen-bond donors (Lipinski definition) is 0. The van der Waals surface area contributed by atoms with Gasteiger partial charge in [-0.2, -0.15) is 0 Å². The highest BCUT2D eigenvalue weighted by atomic mass is 16.5. The summed E-state index contributed by atoms with van der Waals surface area (Å²) >= 11 is 0. The van der Waals surface area contributed by atoms with Crippen LogP contribution in [0.25, 0.3) is 0 Å². The minimum atomic E-state index is 0.913. The summed E-state index contributed by atoms with van der Waals surface area (Å²) in [6.07, 6.45) is 11.1. The van der Waals surface area contributed by atoms with E-state index in [0.717, 1.165) is 6.61 Å². The van der Waals surface area contributed by atoms with Gasteiger partial charge in [0.15, 0.2) is 0 Å². The Bertz CT molecular complexity index is 176. The molecule has 0 bridgehead atoms. The van der Waals surface area contributed by atoms with Crippen LogP contribution in [0.5, 0.6) is 0 Å². The van der Waals surface area contributed by atoms with E-state index in [1.54, 1.807) is 24.7 Å². The largest absolute Gasteiger partial charge is 0.502 e. The van der Waals surface area contributed by atoms with Crippen molar-refractivity contribution in [1.82, 2.24) is 9.97 Å². The molecule has 1 aliphatic heterocycles. The van der Waals surface area contributed by atoms with Crippen molar-refractivity contribution >= 4 is 0 Å². The molecule has 0 amide bonds. The first-order valence-electron chi connectivity index (χ1n) is 3.97. The maximum atomic E-state index is 4.89. The van der Waals surface area contributed by atoms with Gasteiger partial charge in [-0.15, -0.1) is 0 Å². The Hall–Kier alpha value is -1.38. The average Bonchev–Trinajstić information content (AvgIpc) is 2.24. The van der Waals surface area contributed by atoms with Crippen LogP contribution in [-0.2, 0) is 4.74 Å². The molecule has 0 spiro atoms. The molecular formula is C9H12N2O. The van der Waals surface area contributed by atoms with Crippen LogP contribution in [0.4, 0.5) is 0 Å². The van der Waals surface area contributed by atoms with Crippen molar-refractivity contribution in [2.24, 2.45) is 0 Å². The minimum absolute atomic E-state index is 0.913. The minimum Gasteiger partial charge on any atom is -0.502 e. The van der Waals surface area contributed by atoms with E-state index in [4.69, 9.17) is 4.74 Å². The topological polar surface area (TPSA) is 35.0 Å².